The van der Waals surface area contributed by atoms with Gasteiger partial charge in [-0.25, -0.2) is 17.5 Å². The first-order valence-corrected chi connectivity index (χ1v) is 13.3. The van der Waals surface area contributed by atoms with Crippen LogP contribution in [-0.4, -0.2) is 21.4 Å². The minimum absolute atomic E-state index is 0.0120. The third kappa shape index (κ3) is 3.88. The summed E-state index contributed by atoms with van der Waals surface area (Å²) in [6.07, 6.45) is 4.10. The van der Waals surface area contributed by atoms with Crippen LogP contribution in [0.15, 0.2) is 68.7 Å². The Kier molecular flexibility index (Phi) is 5.91. The molecule has 176 valence electrons. The molecule has 0 unspecified atom stereocenters. The van der Waals surface area contributed by atoms with Crippen molar-refractivity contribution in [3.05, 3.63) is 64.3 Å². The van der Waals surface area contributed by atoms with E-state index in [1.54, 1.807) is 42.5 Å². The van der Waals surface area contributed by atoms with Crippen molar-refractivity contribution in [2.45, 2.75) is 37.0 Å². The Hall–Kier alpha value is -3.17. The fraction of sp³-hybridized carbons (Fsp3) is 0.280. The van der Waals surface area contributed by atoms with Crippen molar-refractivity contribution >= 4 is 54.0 Å². The highest BCUT2D eigenvalue weighted by Gasteiger charge is 2.37. The summed E-state index contributed by atoms with van der Waals surface area (Å²) in [7, 11) is -2.76. The normalized spacial score (nSPS) is 15.0. The molecule has 1 aliphatic carbocycles. The molecule has 1 saturated carbocycles. The summed E-state index contributed by atoms with van der Waals surface area (Å²) >= 11 is 0.886. The van der Waals surface area contributed by atoms with E-state index in [2.05, 4.69) is 0 Å². The number of amides is 1. The lowest BCUT2D eigenvalue weighted by molar-refractivity contribution is -0.122. The Balaban J connectivity index is 1.76. The molecule has 0 saturated heterocycles. The Labute approximate surface area is 200 Å². The van der Waals surface area contributed by atoms with E-state index in [1.807, 2.05) is 0 Å². The van der Waals surface area contributed by atoms with Gasteiger partial charge in [0.15, 0.2) is 5.58 Å². The predicted octanol–water partition coefficient (Wildman–Crippen LogP) is 5.32. The Morgan fingerprint density at radius 1 is 1.03 bits per heavy atom. The molecular formula is C25H23NO6S2. The van der Waals surface area contributed by atoms with E-state index in [9.17, 15) is 18.0 Å². The van der Waals surface area contributed by atoms with Gasteiger partial charge in [0.2, 0.25) is 5.91 Å². The van der Waals surface area contributed by atoms with Gasteiger partial charge in [0.25, 0.3) is 10.0 Å². The number of ether oxygens (including phenoxy) is 1. The molecule has 3 aromatic carbocycles. The van der Waals surface area contributed by atoms with Crippen molar-refractivity contribution in [2.24, 2.45) is 5.92 Å². The summed E-state index contributed by atoms with van der Waals surface area (Å²) in [5.41, 5.74) is 0.618. The molecular weight excluding hydrogens is 474 g/mol. The third-order valence-electron chi connectivity index (χ3n) is 6.29. The number of benzene rings is 3. The SMILES string of the molecule is COc1ccc(S(=O)(=O)N(C(=O)C2CCCCC2)c2cc3sc(=O)oc3c3ccccc23)cc1. The fourth-order valence-electron chi connectivity index (χ4n) is 4.58. The standard InChI is InChI=1S/C25H23NO6S2/c1-31-17-11-13-18(14-12-17)34(29,30)26(24(27)16-7-3-2-4-8-16)21-15-22-23(32-25(28)33-22)20-10-6-5-9-19(20)21/h5-6,9-16H,2-4,7-8H2,1H3. The number of sulfonamides is 1. The van der Waals surface area contributed by atoms with Gasteiger partial charge in [0.1, 0.15) is 5.75 Å². The van der Waals surface area contributed by atoms with E-state index >= 15 is 0 Å². The molecule has 9 heteroatoms. The number of hydrogen-bond donors (Lipinski definition) is 0. The van der Waals surface area contributed by atoms with Crippen molar-refractivity contribution in [2.75, 3.05) is 11.4 Å². The summed E-state index contributed by atoms with van der Waals surface area (Å²) in [4.78, 5) is 25.4. The summed E-state index contributed by atoms with van der Waals surface area (Å²) in [6.45, 7) is 0. The van der Waals surface area contributed by atoms with Crippen LogP contribution in [0.1, 0.15) is 32.1 Å². The number of hydrogen-bond acceptors (Lipinski definition) is 7. The molecule has 5 rings (SSSR count). The quantitative estimate of drug-likeness (QED) is 0.371. The molecule has 0 N–H and O–H groups in total. The molecule has 0 aliphatic heterocycles. The van der Waals surface area contributed by atoms with E-state index in [-0.39, 0.29) is 16.5 Å². The molecule has 34 heavy (non-hydrogen) atoms. The molecule has 1 fully saturated rings. The average Bonchev–Trinajstić information content (AvgIpc) is 3.25. The number of nitrogens with zero attached hydrogens (tertiary/aromatic N) is 1. The molecule has 4 aromatic rings. The Bertz CT molecular complexity index is 1530. The van der Waals surface area contributed by atoms with Gasteiger partial charge in [0, 0.05) is 16.7 Å². The van der Waals surface area contributed by atoms with Gasteiger partial charge in [-0.05, 0) is 43.2 Å². The summed E-state index contributed by atoms with van der Waals surface area (Å²) in [6, 6.07) is 14.6. The Morgan fingerprint density at radius 3 is 2.38 bits per heavy atom. The smallest absolute Gasteiger partial charge is 0.396 e. The van der Waals surface area contributed by atoms with Crippen LogP contribution in [0.4, 0.5) is 5.69 Å². The van der Waals surface area contributed by atoms with Crippen molar-refractivity contribution in [3.63, 3.8) is 0 Å². The molecule has 1 aliphatic rings. The second kappa shape index (κ2) is 8.88. The molecule has 0 atom stereocenters. The second-order valence-electron chi connectivity index (χ2n) is 8.34. The zero-order valence-corrected chi connectivity index (χ0v) is 20.2. The second-order valence-corrected chi connectivity index (χ2v) is 11.1. The van der Waals surface area contributed by atoms with Gasteiger partial charge in [0.05, 0.1) is 22.4 Å². The minimum atomic E-state index is -4.26. The number of methoxy groups -OCH3 is 1. The third-order valence-corrected chi connectivity index (χ3v) is 8.79. The van der Waals surface area contributed by atoms with Gasteiger partial charge in [-0.1, -0.05) is 54.9 Å². The summed E-state index contributed by atoms with van der Waals surface area (Å²) in [5, 5.41) is 1.11. The first-order valence-electron chi connectivity index (χ1n) is 11.1. The van der Waals surface area contributed by atoms with Crippen LogP contribution >= 0.6 is 11.3 Å². The summed E-state index contributed by atoms with van der Waals surface area (Å²) < 4.78 is 39.9. The van der Waals surface area contributed by atoms with E-state index in [1.165, 1.54) is 19.2 Å². The lowest BCUT2D eigenvalue weighted by atomic mass is 9.88. The highest BCUT2D eigenvalue weighted by Crippen LogP contribution is 2.39. The monoisotopic (exact) mass is 497 g/mol. The number of anilines is 1. The lowest BCUT2D eigenvalue weighted by Gasteiger charge is -2.29. The Morgan fingerprint density at radius 2 is 1.71 bits per heavy atom. The number of carbonyl (C=O) groups excluding carboxylic acids is 1. The van der Waals surface area contributed by atoms with Crippen LogP contribution in [0, 0.1) is 5.92 Å². The summed E-state index contributed by atoms with van der Waals surface area (Å²) in [5.74, 6) is -0.325. The zero-order chi connectivity index (χ0) is 23.9. The van der Waals surface area contributed by atoms with E-state index in [4.69, 9.17) is 9.15 Å². The van der Waals surface area contributed by atoms with Crippen LogP contribution in [0.25, 0.3) is 21.1 Å². The van der Waals surface area contributed by atoms with E-state index < -0.39 is 20.9 Å². The molecule has 1 amide bonds. The molecule has 7 nitrogen and oxygen atoms in total. The van der Waals surface area contributed by atoms with Gasteiger partial charge in [-0.3, -0.25) is 4.79 Å². The van der Waals surface area contributed by atoms with Crippen LogP contribution in [0.3, 0.4) is 0 Å². The van der Waals surface area contributed by atoms with Crippen molar-refractivity contribution < 1.29 is 22.4 Å². The molecule has 1 aromatic heterocycles. The molecule has 1 heterocycles. The van der Waals surface area contributed by atoms with Crippen LogP contribution in [0.5, 0.6) is 5.75 Å². The van der Waals surface area contributed by atoms with Crippen molar-refractivity contribution in [1.29, 1.82) is 0 Å². The molecule has 0 bridgehead atoms. The van der Waals surface area contributed by atoms with Crippen molar-refractivity contribution in [1.82, 2.24) is 0 Å². The average molecular weight is 498 g/mol. The maximum Gasteiger partial charge on any atom is 0.396 e. The van der Waals surface area contributed by atoms with Crippen LogP contribution in [0.2, 0.25) is 0 Å². The van der Waals surface area contributed by atoms with Gasteiger partial charge in [-0.2, -0.15) is 0 Å². The fourth-order valence-corrected chi connectivity index (χ4v) is 6.79. The molecule has 0 spiro atoms. The van der Waals surface area contributed by atoms with Crippen molar-refractivity contribution in [3.8, 4) is 5.75 Å². The number of carbonyl (C=O) groups is 1. The molecule has 0 radical (unpaired) electrons. The van der Waals surface area contributed by atoms with Crippen LogP contribution < -0.4 is 14.0 Å². The number of rotatable bonds is 5. The predicted molar refractivity (Wildman–Crippen MR) is 132 cm³/mol. The van der Waals surface area contributed by atoms with Gasteiger partial charge < -0.3 is 9.15 Å². The maximum absolute atomic E-state index is 14.0. The first kappa shape index (κ1) is 22.6. The topological polar surface area (TPSA) is 93.9 Å². The van der Waals surface area contributed by atoms with E-state index in [0.29, 0.717) is 39.6 Å². The zero-order valence-electron chi connectivity index (χ0n) is 18.5. The van der Waals surface area contributed by atoms with Gasteiger partial charge >= 0.3 is 4.94 Å². The maximum atomic E-state index is 14.0. The lowest BCUT2D eigenvalue weighted by Crippen LogP contribution is -2.41. The highest BCUT2D eigenvalue weighted by molar-refractivity contribution is 7.93. The van der Waals surface area contributed by atoms with Gasteiger partial charge in [-0.15, -0.1) is 0 Å². The first-order chi connectivity index (χ1) is 16.4. The number of fused-ring (bicyclic) bond motifs is 3. The van der Waals surface area contributed by atoms with E-state index in [0.717, 1.165) is 34.9 Å². The van der Waals surface area contributed by atoms with Crippen LogP contribution in [-0.2, 0) is 14.8 Å². The largest absolute Gasteiger partial charge is 0.497 e. The minimum Gasteiger partial charge on any atom is -0.497 e. The highest BCUT2D eigenvalue weighted by atomic mass is 32.2.